The molecule has 9 nitrogen and oxygen atoms in total. The van der Waals surface area contributed by atoms with Crippen LogP contribution in [0.25, 0.3) is 0 Å². The van der Waals surface area contributed by atoms with Gasteiger partial charge in [0.15, 0.2) is 5.82 Å². The van der Waals surface area contributed by atoms with Crippen LogP contribution in [0.5, 0.6) is 0 Å². The quantitative estimate of drug-likeness (QED) is 0.637. The fourth-order valence-corrected chi connectivity index (χ4v) is 4.82. The number of aliphatic hydroxyl groups is 1. The second kappa shape index (κ2) is 10.5. The number of nitrogens with zero attached hydrogens (tertiary/aromatic N) is 5. The molecule has 2 aromatic rings. The van der Waals surface area contributed by atoms with E-state index in [1.165, 1.54) is 23.2 Å². The van der Waals surface area contributed by atoms with Crippen LogP contribution in [0.1, 0.15) is 24.0 Å². The lowest BCUT2D eigenvalue weighted by Gasteiger charge is -2.35. The lowest BCUT2D eigenvalue weighted by atomic mass is 10.0. The van der Waals surface area contributed by atoms with Crippen molar-refractivity contribution in [2.75, 3.05) is 55.1 Å². The van der Waals surface area contributed by atoms with Crippen molar-refractivity contribution in [3.63, 3.8) is 0 Å². The third-order valence-corrected chi connectivity index (χ3v) is 6.75. The average Bonchev–Trinajstić information content (AvgIpc) is 3.26. The van der Waals surface area contributed by atoms with Crippen LogP contribution in [0, 0.1) is 0 Å². The molecule has 1 aromatic heterocycles. The van der Waals surface area contributed by atoms with Crippen LogP contribution in [0.15, 0.2) is 30.5 Å². The van der Waals surface area contributed by atoms with Crippen LogP contribution in [0.2, 0.25) is 0 Å². The number of halogens is 3. The van der Waals surface area contributed by atoms with E-state index in [1.54, 1.807) is 21.9 Å². The highest BCUT2D eigenvalue weighted by molar-refractivity contribution is 7.85. The summed E-state index contributed by atoms with van der Waals surface area (Å²) in [5.74, 6) is 0.346. The first kappa shape index (κ1) is 25.5. The Balaban J connectivity index is 1.38. The molecule has 0 spiro atoms. The highest BCUT2D eigenvalue weighted by Gasteiger charge is 2.36. The molecule has 13 heteroatoms. The van der Waals surface area contributed by atoms with Crippen molar-refractivity contribution in [2.45, 2.75) is 31.7 Å². The Hall–Kier alpha value is -2.64. The van der Waals surface area contributed by atoms with Crippen molar-refractivity contribution >= 4 is 28.5 Å². The number of hydrogen-bond donors (Lipinski definition) is 2. The predicted octanol–water partition coefficient (Wildman–Crippen LogP) is 2.35. The van der Waals surface area contributed by atoms with Crippen molar-refractivity contribution in [2.24, 2.45) is 0 Å². The number of nitrogens with one attached hydrogen (secondary N) is 1. The molecule has 1 unspecified atom stereocenters. The Bertz CT molecular complexity index is 1060. The van der Waals surface area contributed by atoms with Gasteiger partial charge in [0.25, 0.3) is 0 Å². The second-order valence-electron chi connectivity index (χ2n) is 8.81. The minimum atomic E-state index is -4.45. The third kappa shape index (κ3) is 6.33. The maximum atomic E-state index is 13.6. The van der Waals surface area contributed by atoms with Gasteiger partial charge in [-0.1, -0.05) is 6.07 Å². The molecule has 0 radical (unpaired) electrons. The molecule has 0 bridgehead atoms. The predicted molar refractivity (Wildman–Crippen MR) is 126 cm³/mol. The van der Waals surface area contributed by atoms with E-state index in [9.17, 15) is 27.3 Å². The zero-order valence-electron chi connectivity index (χ0n) is 19.4. The van der Waals surface area contributed by atoms with E-state index < -0.39 is 28.8 Å². The van der Waals surface area contributed by atoms with Gasteiger partial charge >= 0.3 is 12.2 Å². The third-order valence-electron chi connectivity index (χ3n) is 6.26. The number of aliphatic hydroxyl groups excluding tert-OH is 1. The van der Waals surface area contributed by atoms with Gasteiger partial charge in [-0.15, -0.1) is 5.10 Å². The van der Waals surface area contributed by atoms with E-state index in [2.05, 4.69) is 14.7 Å². The van der Waals surface area contributed by atoms with Crippen LogP contribution in [-0.2, 0) is 23.7 Å². The van der Waals surface area contributed by atoms with Crippen LogP contribution < -0.4 is 9.62 Å². The Morgan fingerprint density at radius 2 is 1.83 bits per heavy atom. The van der Waals surface area contributed by atoms with Gasteiger partial charge in [-0.3, -0.25) is 9.62 Å². The number of rotatable bonds is 5. The van der Waals surface area contributed by atoms with Crippen molar-refractivity contribution in [3.05, 3.63) is 41.6 Å². The SMILES string of the molecule is CS(=O)Nc1ccn(C(=O)N2CCN(Cc3ccc(C(F)(F)F)c(N4CCC(O)CC4)c3)CC2)n1. The Morgan fingerprint density at radius 3 is 2.46 bits per heavy atom. The summed E-state index contributed by atoms with van der Waals surface area (Å²) in [5.41, 5.74) is 0.272. The number of carbonyl (C=O) groups excluding carboxylic acids is 1. The highest BCUT2D eigenvalue weighted by atomic mass is 32.2. The number of aromatic nitrogens is 2. The number of piperidine rings is 1. The fourth-order valence-electron chi connectivity index (χ4n) is 4.42. The van der Waals surface area contributed by atoms with Crippen LogP contribution in [0.4, 0.5) is 29.5 Å². The van der Waals surface area contributed by atoms with Crippen molar-refractivity contribution in [1.82, 2.24) is 19.6 Å². The number of anilines is 2. The van der Waals surface area contributed by atoms with E-state index in [4.69, 9.17) is 0 Å². The summed E-state index contributed by atoms with van der Waals surface area (Å²) in [6, 6.07) is 5.54. The van der Waals surface area contributed by atoms with Gasteiger partial charge in [0.05, 0.1) is 11.7 Å². The molecule has 2 fully saturated rings. The van der Waals surface area contributed by atoms with Gasteiger partial charge in [-0.05, 0) is 30.5 Å². The number of alkyl halides is 3. The van der Waals surface area contributed by atoms with Crippen LogP contribution in [-0.4, -0.2) is 86.6 Å². The van der Waals surface area contributed by atoms with Gasteiger partial charge in [0, 0.05) is 70.0 Å². The number of hydrogen-bond acceptors (Lipinski definition) is 6. The first-order valence-corrected chi connectivity index (χ1v) is 13.0. The summed E-state index contributed by atoms with van der Waals surface area (Å²) in [4.78, 5) is 18.2. The summed E-state index contributed by atoms with van der Waals surface area (Å²) in [7, 11) is -1.29. The van der Waals surface area contributed by atoms with Gasteiger partial charge in [0.1, 0.15) is 11.0 Å². The number of carbonyl (C=O) groups is 1. The Morgan fingerprint density at radius 1 is 1.14 bits per heavy atom. The standard InChI is InChI=1S/C22H29F3N6O3S/c1-35(34)27-20-6-9-31(26-20)21(33)30-12-10-28(11-13-30)15-16-2-3-18(22(23,24)25)19(14-16)29-7-4-17(32)5-8-29/h2-3,6,9,14,17,32H,4-5,7-8,10-13,15H2,1H3,(H,26,27). The number of piperazine rings is 1. The summed E-state index contributed by atoms with van der Waals surface area (Å²) < 4.78 is 56.0. The maximum absolute atomic E-state index is 13.6. The minimum Gasteiger partial charge on any atom is -0.393 e. The number of benzene rings is 1. The Labute approximate surface area is 204 Å². The van der Waals surface area contributed by atoms with E-state index in [-0.39, 0.29) is 11.7 Å². The van der Waals surface area contributed by atoms with E-state index in [1.807, 2.05) is 0 Å². The largest absolute Gasteiger partial charge is 0.418 e. The molecular weight excluding hydrogens is 485 g/mol. The van der Waals surface area contributed by atoms with E-state index >= 15 is 0 Å². The molecule has 1 aromatic carbocycles. The smallest absolute Gasteiger partial charge is 0.393 e. The molecule has 1 amide bonds. The maximum Gasteiger partial charge on any atom is 0.418 e. The van der Waals surface area contributed by atoms with Crippen molar-refractivity contribution in [1.29, 1.82) is 0 Å². The fraction of sp³-hybridized carbons (Fsp3) is 0.545. The molecular formula is C22H29F3N6O3S. The second-order valence-corrected chi connectivity index (χ2v) is 9.93. The van der Waals surface area contributed by atoms with Crippen LogP contribution in [0.3, 0.4) is 0 Å². The summed E-state index contributed by atoms with van der Waals surface area (Å²) in [6.07, 6.45) is -1.06. The van der Waals surface area contributed by atoms with Gasteiger partial charge in [-0.25, -0.2) is 9.00 Å². The molecule has 35 heavy (non-hydrogen) atoms. The first-order valence-electron chi connectivity index (χ1n) is 11.4. The van der Waals surface area contributed by atoms with Crippen molar-refractivity contribution in [3.8, 4) is 0 Å². The molecule has 2 aliphatic heterocycles. The number of amides is 1. The molecule has 3 heterocycles. The normalized spacial score (nSPS) is 19.1. The van der Waals surface area contributed by atoms with Gasteiger partial charge in [-0.2, -0.15) is 17.9 Å². The molecule has 1 atom stereocenters. The summed E-state index contributed by atoms with van der Waals surface area (Å²) in [5, 5.41) is 13.8. The monoisotopic (exact) mass is 514 g/mol. The molecule has 2 aliphatic rings. The van der Waals surface area contributed by atoms with Gasteiger partial charge in [0.2, 0.25) is 0 Å². The summed E-state index contributed by atoms with van der Waals surface area (Å²) >= 11 is 0. The van der Waals surface area contributed by atoms with Crippen LogP contribution >= 0.6 is 0 Å². The van der Waals surface area contributed by atoms with Crippen molar-refractivity contribution < 1.29 is 27.3 Å². The van der Waals surface area contributed by atoms with E-state index in [0.717, 1.165) is 11.6 Å². The molecule has 2 saturated heterocycles. The molecule has 0 aliphatic carbocycles. The molecule has 4 rings (SSSR count). The topological polar surface area (TPSA) is 93.9 Å². The lowest BCUT2D eigenvalue weighted by molar-refractivity contribution is -0.137. The van der Waals surface area contributed by atoms with E-state index in [0.29, 0.717) is 64.5 Å². The highest BCUT2D eigenvalue weighted by Crippen LogP contribution is 2.38. The Kier molecular flexibility index (Phi) is 7.67. The molecule has 192 valence electrons. The zero-order chi connectivity index (χ0) is 25.2. The summed E-state index contributed by atoms with van der Waals surface area (Å²) in [6.45, 7) is 3.30. The minimum absolute atomic E-state index is 0.159. The van der Waals surface area contributed by atoms with Gasteiger partial charge < -0.3 is 14.9 Å². The average molecular weight is 515 g/mol. The lowest BCUT2D eigenvalue weighted by Crippen LogP contribution is -2.49. The molecule has 0 saturated carbocycles. The first-order chi connectivity index (χ1) is 16.6. The zero-order valence-corrected chi connectivity index (χ0v) is 20.2. The molecule has 2 N–H and O–H groups in total.